The summed E-state index contributed by atoms with van der Waals surface area (Å²) in [4.78, 5) is 12.8. The van der Waals surface area contributed by atoms with Gasteiger partial charge in [0, 0.05) is 17.7 Å². The maximum atomic E-state index is 12.8. The van der Waals surface area contributed by atoms with Crippen molar-refractivity contribution >= 4 is 5.91 Å². The Balaban J connectivity index is 1.61. The Morgan fingerprint density at radius 3 is 2.34 bits per heavy atom. The van der Waals surface area contributed by atoms with E-state index >= 15 is 0 Å². The third-order valence-electron chi connectivity index (χ3n) is 5.01. The van der Waals surface area contributed by atoms with Gasteiger partial charge < -0.3 is 19.5 Å². The Kier molecular flexibility index (Phi) is 8.46. The molecular weight excluding hydrogens is 402 g/mol. The van der Waals surface area contributed by atoms with Crippen LogP contribution in [0.1, 0.15) is 32.6 Å². The van der Waals surface area contributed by atoms with Gasteiger partial charge in [0.25, 0.3) is 5.91 Å². The summed E-state index contributed by atoms with van der Waals surface area (Å²) < 4.78 is 16.7. The first-order chi connectivity index (χ1) is 15.6. The van der Waals surface area contributed by atoms with Gasteiger partial charge >= 0.3 is 0 Å². The highest BCUT2D eigenvalue weighted by molar-refractivity contribution is 5.95. The molecule has 0 spiro atoms. The molecule has 3 rings (SSSR count). The van der Waals surface area contributed by atoms with Gasteiger partial charge in [0.15, 0.2) is 11.5 Å². The largest absolute Gasteiger partial charge is 0.493 e. The average Bonchev–Trinajstić information content (AvgIpc) is 2.83. The second-order valence-corrected chi connectivity index (χ2v) is 7.34. The molecule has 5 nitrogen and oxygen atoms in total. The summed E-state index contributed by atoms with van der Waals surface area (Å²) in [5.74, 6) is 0.962. The van der Waals surface area contributed by atoms with E-state index in [9.17, 15) is 4.79 Å². The molecule has 0 aromatic heterocycles. The Morgan fingerprint density at radius 1 is 0.906 bits per heavy atom. The predicted molar refractivity (Wildman–Crippen MR) is 126 cm³/mol. The minimum Gasteiger partial charge on any atom is -0.493 e. The van der Waals surface area contributed by atoms with E-state index in [1.807, 2.05) is 60.7 Å². The summed E-state index contributed by atoms with van der Waals surface area (Å²) in [6.07, 6.45) is 2.34. The van der Waals surface area contributed by atoms with Crippen molar-refractivity contribution < 1.29 is 19.0 Å². The summed E-state index contributed by atoms with van der Waals surface area (Å²) in [7, 11) is 3.14. The molecule has 3 aromatic carbocycles. The van der Waals surface area contributed by atoms with Crippen LogP contribution in [0.25, 0.3) is 0 Å². The highest BCUT2D eigenvalue weighted by Crippen LogP contribution is 2.33. The van der Waals surface area contributed by atoms with Crippen molar-refractivity contribution in [2.45, 2.75) is 26.2 Å². The van der Waals surface area contributed by atoms with E-state index in [0.717, 1.165) is 22.3 Å². The lowest BCUT2D eigenvalue weighted by Crippen LogP contribution is -2.23. The minimum atomic E-state index is -0.179. The quantitative estimate of drug-likeness (QED) is 0.430. The molecule has 0 saturated heterocycles. The van der Waals surface area contributed by atoms with Crippen LogP contribution in [-0.2, 0) is 30.9 Å². The first-order valence-electron chi connectivity index (χ1n) is 10.5. The molecule has 0 fully saturated rings. The van der Waals surface area contributed by atoms with Crippen molar-refractivity contribution in [3.63, 3.8) is 0 Å². The van der Waals surface area contributed by atoms with E-state index in [0.29, 0.717) is 43.2 Å². The number of carbonyl (C=O) groups excluding carboxylic acids is 1. The number of nitrogens with one attached hydrogen (secondary N) is 1. The fourth-order valence-corrected chi connectivity index (χ4v) is 3.46. The van der Waals surface area contributed by atoms with Crippen LogP contribution in [0.2, 0.25) is 0 Å². The van der Waals surface area contributed by atoms with Crippen LogP contribution in [0.15, 0.2) is 79.4 Å². The highest BCUT2D eigenvalue weighted by atomic mass is 16.5. The molecule has 0 bridgehead atoms. The first kappa shape index (κ1) is 23.1. The fourth-order valence-electron chi connectivity index (χ4n) is 3.46. The predicted octanol–water partition coefficient (Wildman–Crippen LogP) is 5.08. The van der Waals surface area contributed by atoms with Gasteiger partial charge in [0.1, 0.15) is 0 Å². The van der Waals surface area contributed by atoms with Crippen LogP contribution < -0.4 is 14.8 Å². The van der Waals surface area contributed by atoms with Crippen molar-refractivity contribution in [1.82, 2.24) is 5.32 Å². The Bertz CT molecular complexity index is 1050. The lowest BCUT2D eigenvalue weighted by Gasteiger charge is -2.14. The molecule has 0 aliphatic rings. The first-order valence-corrected chi connectivity index (χ1v) is 10.5. The number of benzene rings is 3. The van der Waals surface area contributed by atoms with Crippen LogP contribution in [0.3, 0.4) is 0 Å². The maximum absolute atomic E-state index is 12.8. The molecule has 0 atom stereocenters. The molecule has 0 radical (unpaired) electrons. The van der Waals surface area contributed by atoms with Gasteiger partial charge in [-0.1, -0.05) is 60.7 Å². The molecule has 0 saturated carbocycles. The van der Waals surface area contributed by atoms with Gasteiger partial charge in [0.2, 0.25) is 0 Å². The molecular formula is C27H29NO4. The molecule has 5 heteroatoms. The van der Waals surface area contributed by atoms with E-state index in [2.05, 4.69) is 11.9 Å². The van der Waals surface area contributed by atoms with Gasteiger partial charge in [0.05, 0.1) is 27.4 Å². The minimum absolute atomic E-state index is 0.179. The van der Waals surface area contributed by atoms with Gasteiger partial charge in [-0.15, -0.1) is 6.58 Å². The normalized spacial score (nSPS) is 10.4. The smallest absolute Gasteiger partial charge is 0.251 e. The number of allylic oxidation sites excluding steroid dienone is 1. The van der Waals surface area contributed by atoms with E-state index < -0.39 is 0 Å². The SMILES string of the molecule is C=CCc1cc(C(=O)NCc2cccc(COCc3ccccc3)c2)cc(OC)c1OC. The third-order valence-corrected chi connectivity index (χ3v) is 5.01. The van der Waals surface area contributed by atoms with Gasteiger partial charge in [-0.25, -0.2) is 0 Å². The summed E-state index contributed by atoms with van der Waals surface area (Å²) in [6.45, 7) is 5.26. The summed E-state index contributed by atoms with van der Waals surface area (Å²) in [6, 6.07) is 21.6. The number of rotatable bonds is 11. The lowest BCUT2D eigenvalue weighted by molar-refractivity contribution is 0.0950. The van der Waals surface area contributed by atoms with Crippen molar-refractivity contribution in [3.05, 3.63) is 107 Å². The maximum Gasteiger partial charge on any atom is 0.251 e. The number of ether oxygens (including phenoxy) is 3. The second-order valence-electron chi connectivity index (χ2n) is 7.34. The Hall–Kier alpha value is -3.57. The molecule has 166 valence electrons. The highest BCUT2D eigenvalue weighted by Gasteiger charge is 2.15. The Morgan fingerprint density at radius 2 is 1.62 bits per heavy atom. The average molecular weight is 432 g/mol. The third kappa shape index (κ3) is 6.22. The van der Waals surface area contributed by atoms with Crippen molar-refractivity contribution in [1.29, 1.82) is 0 Å². The molecule has 3 aromatic rings. The molecule has 32 heavy (non-hydrogen) atoms. The summed E-state index contributed by atoms with van der Waals surface area (Å²) in [5.41, 5.74) is 4.58. The zero-order valence-electron chi connectivity index (χ0n) is 18.6. The standard InChI is InChI=1S/C27H29NO4/c1-4-9-23-15-24(16-25(30-2)26(23)31-3)27(29)28-17-21-12-8-13-22(14-21)19-32-18-20-10-6-5-7-11-20/h4-8,10-16H,1,9,17-19H2,2-3H3,(H,28,29). The monoisotopic (exact) mass is 431 g/mol. The summed E-state index contributed by atoms with van der Waals surface area (Å²) in [5, 5.41) is 2.98. The molecule has 1 N–H and O–H groups in total. The number of methoxy groups -OCH3 is 2. The van der Waals surface area contributed by atoms with Gasteiger partial charge in [-0.2, -0.15) is 0 Å². The van der Waals surface area contributed by atoms with Crippen LogP contribution in [0, 0.1) is 0 Å². The van der Waals surface area contributed by atoms with E-state index in [1.54, 1.807) is 26.4 Å². The van der Waals surface area contributed by atoms with Gasteiger partial charge in [-0.05, 0) is 35.2 Å². The van der Waals surface area contributed by atoms with Crippen molar-refractivity contribution in [3.8, 4) is 11.5 Å². The number of carbonyl (C=O) groups is 1. The van der Waals surface area contributed by atoms with Crippen molar-refractivity contribution in [2.75, 3.05) is 14.2 Å². The molecule has 0 aliphatic heterocycles. The van der Waals surface area contributed by atoms with Crippen LogP contribution in [-0.4, -0.2) is 20.1 Å². The molecule has 0 unspecified atom stereocenters. The number of amides is 1. The zero-order valence-corrected chi connectivity index (χ0v) is 18.6. The van der Waals surface area contributed by atoms with Crippen LogP contribution in [0.5, 0.6) is 11.5 Å². The zero-order chi connectivity index (χ0) is 22.8. The number of hydrogen-bond acceptors (Lipinski definition) is 4. The number of hydrogen-bond donors (Lipinski definition) is 1. The van der Waals surface area contributed by atoms with Crippen LogP contribution in [0.4, 0.5) is 0 Å². The molecule has 0 aliphatic carbocycles. The van der Waals surface area contributed by atoms with Gasteiger partial charge in [-0.3, -0.25) is 4.79 Å². The fraction of sp³-hybridized carbons (Fsp3) is 0.222. The molecule has 1 amide bonds. The Labute approximate surface area is 189 Å². The second kappa shape index (κ2) is 11.7. The van der Waals surface area contributed by atoms with E-state index in [-0.39, 0.29) is 5.91 Å². The van der Waals surface area contributed by atoms with E-state index in [1.165, 1.54) is 0 Å². The van der Waals surface area contributed by atoms with E-state index in [4.69, 9.17) is 14.2 Å². The van der Waals surface area contributed by atoms with Crippen LogP contribution >= 0.6 is 0 Å². The summed E-state index contributed by atoms with van der Waals surface area (Å²) >= 11 is 0. The van der Waals surface area contributed by atoms with Crippen molar-refractivity contribution in [2.24, 2.45) is 0 Å². The topological polar surface area (TPSA) is 56.8 Å². The lowest BCUT2D eigenvalue weighted by atomic mass is 10.0. The molecule has 0 heterocycles.